The Morgan fingerprint density at radius 1 is 1.38 bits per heavy atom. The third kappa shape index (κ3) is 2.17. The van der Waals surface area contributed by atoms with Crippen molar-refractivity contribution in [2.75, 3.05) is 5.73 Å². The van der Waals surface area contributed by atoms with E-state index in [1.807, 2.05) is 19.1 Å². The Morgan fingerprint density at radius 2 is 2.12 bits per heavy atom. The summed E-state index contributed by atoms with van der Waals surface area (Å²) in [5.41, 5.74) is 7.37. The van der Waals surface area contributed by atoms with Crippen LogP contribution in [0.15, 0.2) is 22.8 Å². The number of nitrogens with zero attached hydrogens (tertiary/aromatic N) is 3. The summed E-state index contributed by atoms with van der Waals surface area (Å²) < 4.78 is 1.74. The second-order valence-corrected chi connectivity index (χ2v) is 5.10. The van der Waals surface area contributed by atoms with E-state index in [2.05, 4.69) is 53.5 Å². The number of anilines is 1. The van der Waals surface area contributed by atoms with Crippen LogP contribution in [0, 0.1) is 10.5 Å². The molecule has 2 heterocycles. The maximum atomic E-state index is 5.81. The van der Waals surface area contributed by atoms with Crippen molar-refractivity contribution in [3.05, 3.63) is 32.1 Å². The molecule has 0 aliphatic rings. The summed E-state index contributed by atoms with van der Waals surface area (Å²) in [4.78, 5) is 12.8. The van der Waals surface area contributed by atoms with Gasteiger partial charge >= 0.3 is 0 Å². The molecule has 0 aliphatic heterocycles. The molecular weight excluding hydrogens is 383 g/mol. The predicted molar refractivity (Wildman–Crippen MR) is 74.8 cm³/mol. The second kappa shape index (κ2) is 4.62. The minimum absolute atomic E-state index is 0.487. The van der Waals surface area contributed by atoms with Crippen LogP contribution in [-0.2, 0) is 0 Å². The monoisotopic (exact) mass is 390 g/mol. The first-order chi connectivity index (χ1) is 7.59. The molecule has 0 unspecified atom stereocenters. The maximum Gasteiger partial charge on any atom is 0.181 e. The van der Waals surface area contributed by atoms with Crippen LogP contribution in [0.1, 0.15) is 5.69 Å². The molecule has 2 rings (SSSR count). The Balaban J connectivity index is 2.62. The fourth-order valence-electron chi connectivity index (χ4n) is 1.24. The molecule has 0 atom stereocenters. The maximum absolute atomic E-state index is 5.81. The molecule has 0 fully saturated rings. The summed E-state index contributed by atoms with van der Waals surface area (Å²) in [5, 5.41) is 0. The van der Waals surface area contributed by atoms with E-state index in [9.17, 15) is 0 Å². The normalized spacial score (nSPS) is 10.4. The third-order valence-corrected chi connectivity index (χ3v) is 3.99. The molecule has 2 N–H and O–H groups in total. The van der Waals surface area contributed by atoms with Gasteiger partial charge in [-0.05, 0) is 57.6 Å². The number of nitrogens with two attached hydrogens (primary N) is 1. The highest BCUT2D eigenvalue weighted by molar-refractivity contribution is 14.1. The Labute approximate surface area is 115 Å². The molecule has 0 saturated heterocycles. The zero-order valence-electron chi connectivity index (χ0n) is 8.41. The van der Waals surface area contributed by atoms with E-state index in [0.717, 1.165) is 13.7 Å². The Bertz CT molecular complexity index is 521. The lowest BCUT2D eigenvalue weighted by Gasteiger charge is -2.06. The number of hydrogen-bond acceptors (Lipinski definition) is 4. The zero-order chi connectivity index (χ0) is 11.7. The molecule has 0 aromatic carbocycles. The van der Waals surface area contributed by atoms with Crippen LogP contribution in [0.5, 0.6) is 0 Å². The number of pyridine rings is 1. The van der Waals surface area contributed by atoms with Gasteiger partial charge in [-0.1, -0.05) is 0 Å². The van der Waals surface area contributed by atoms with Crippen LogP contribution in [0.4, 0.5) is 5.82 Å². The SMILES string of the molecule is Cc1nc(-c2ncccc2Br)nc(N)c1I. The van der Waals surface area contributed by atoms with Crippen molar-refractivity contribution in [1.29, 1.82) is 0 Å². The highest BCUT2D eigenvalue weighted by Crippen LogP contribution is 2.25. The lowest BCUT2D eigenvalue weighted by atomic mass is 10.3. The molecular formula is C10H8BrIN4. The van der Waals surface area contributed by atoms with Gasteiger partial charge in [0.1, 0.15) is 11.5 Å². The topological polar surface area (TPSA) is 64.7 Å². The van der Waals surface area contributed by atoms with Crippen LogP contribution in [0.25, 0.3) is 11.5 Å². The second-order valence-electron chi connectivity index (χ2n) is 3.17. The Morgan fingerprint density at radius 3 is 2.75 bits per heavy atom. The van der Waals surface area contributed by atoms with Gasteiger partial charge in [0.25, 0.3) is 0 Å². The van der Waals surface area contributed by atoms with Crippen molar-refractivity contribution in [3.8, 4) is 11.5 Å². The third-order valence-electron chi connectivity index (χ3n) is 2.01. The van der Waals surface area contributed by atoms with Crippen molar-refractivity contribution in [1.82, 2.24) is 15.0 Å². The molecule has 0 bridgehead atoms. The molecule has 0 amide bonds. The van der Waals surface area contributed by atoms with E-state index in [1.165, 1.54) is 0 Å². The lowest BCUT2D eigenvalue weighted by molar-refractivity contribution is 1.08. The molecule has 0 spiro atoms. The average Bonchev–Trinajstić information content (AvgIpc) is 2.26. The molecule has 0 aliphatic carbocycles. The standard InChI is InChI=1S/C10H8BrIN4/c1-5-7(12)9(13)16-10(15-5)8-6(11)3-2-4-14-8/h2-4H,1H3,(H2,13,15,16). The summed E-state index contributed by atoms with van der Waals surface area (Å²) in [6.45, 7) is 1.90. The van der Waals surface area contributed by atoms with Crippen LogP contribution in [0.3, 0.4) is 0 Å². The number of rotatable bonds is 1. The molecule has 16 heavy (non-hydrogen) atoms. The van der Waals surface area contributed by atoms with E-state index >= 15 is 0 Å². The predicted octanol–water partition coefficient (Wildman–Crippen LogP) is 2.80. The van der Waals surface area contributed by atoms with E-state index < -0.39 is 0 Å². The van der Waals surface area contributed by atoms with E-state index in [1.54, 1.807) is 6.20 Å². The summed E-state index contributed by atoms with van der Waals surface area (Å²) in [5.74, 6) is 1.03. The zero-order valence-corrected chi connectivity index (χ0v) is 12.2. The van der Waals surface area contributed by atoms with Gasteiger partial charge in [0.2, 0.25) is 0 Å². The van der Waals surface area contributed by atoms with Crippen molar-refractivity contribution in [2.24, 2.45) is 0 Å². The first-order valence-electron chi connectivity index (χ1n) is 4.50. The average molecular weight is 391 g/mol. The molecule has 0 saturated carbocycles. The van der Waals surface area contributed by atoms with Gasteiger partial charge in [-0.2, -0.15) is 0 Å². The van der Waals surface area contributed by atoms with Crippen LogP contribution >= 0.6 is 38.5 Å². The van der Waals surface area contributed by atoms with Gasteiger partial charge in [0.15, 0.2) is 5.82 Å². The van der Waals surface area contributed by atoms with Crippen LogP contribution in [0.2, 0.25) is 0 Å². The quantitative estimate of drug-likeness (QED) is 0.760. The van der Waals surface area contributed by atoms with Gasteiger partial charge < -0.3 is 5.73 Å². The first kappa shape index (κ1) is 11.7. The fraction of sp³-hybridized carbons (Fsp3) is 0.100. The van der Waals surface area contributed by atoms with Gasteiger partial charge in [-0.25, -0.2) is 9.97 Å². The number of halogens is 2. The fourth-order valence-corrected chi connectivity index (χ4v) is 1.91. The summed E-state index contributed by atoms with van der Waals surface area (Å²) in [7, 11) is 0. The van der Waals surface area contributed by atoms with Crippen molar-refractivity contribution in [3.63, 3.8) is 0 Å². The van der Waals surface area contributed by atoms with Crippen molar-refractivity contribution >= 4 is 44.3 Å². The van der Waals surface area contributed by atoms with E-state index in [-0.39, 0.29) is 0 Å². The van der Waals surface area contributed by atoms with Gasteiger partial charge in [0.05, 0.1) is 9.26 Å². The highest BCUT2D eigenvalue weighted by atomic mass is 127. The van der Waals surface area contributed by atoms with E-state index in [4.69, 9.17) is 5.73 Å². The Hall–Kier alpha value is -0.760. The molecule has 2 aromatic rings. The summed E-state index contributed by atoms with van der Waals surface area (Å²) >= 11 is 5.55. The minimum atomic E-state index is 0.487. The number of hydrogen-bond donors (Lipinski definition) is 1. The minimum Gasteiger partial charge on any atom is -0.383 e. The van der Waals surface area contributed by atoms with E-state index in [0.29, 0.717) is 17.3 Å². The van der Waals surface area contributed by atoms with Crippen LogP contribution < -0.4 is 5.73 Å². The van der Waals surface area contributed by atoms with Crippen molar-refractivity contribution < 1.29 is 0 Å². The molecule has 82 valence electrons. The lowest BCUT2D eigenvalue weighted by Crippen LogP contribution is -2.03. The molecule has 6 heteroatoms. The van der Waals surface area contributed by atoms with Gasteiger partial charge in [-0.15, -0.1) is 0 Å². The Kier molecular flexibility index (Phi) is 3.38. The molecule has 2 aromatic heterocycles. The smallest absolute Gasteiger partial charge is 0.181 e. The molecule has 0 radical (unpaired) electrons. The van der Waals surface area contributed by atoms with Crippen molar-refractivity contribution in [2.45, 2.75) is 6.92 Å². The largest absolute Gasteiger partial charge is 0.383 e. The van der Waals surface area contributed by atoms with Crippen LogP contribution in [-0.4, -0.2) is 15.0 Å². The summed E-state index contributed by atoms with van der Waals surface area (Å²) in [6, 6.07) is 3.74. The van der Waals surface area contributed by atoms with Gasteiger partial charge in [-0.3, -0.25) is 4.98 Å². The molecule has 4 nitrogen and oxygen atoms in total. The number of aryl methyl sites for hydroxylation is 1. The highest BCUT2D eigenvalue weighted by Gasteiger charge is 2.11. The number of aromatic nitrogens is 3. The van der Waals surface area contributed by atoms with Gasteiger partial charge in [0, 0.05) is 10.7 Å². The first-order valence-corrected chi connectivity index (χ1v) is 6.37. The summed E-state index contributed by atoms with van der Waals surface area (Å²) in [6.07, 6.45) is 1.70. The number of nitrogen functional groups attached to an aromatic ring is 1.